The topological polar surface area (TPSA) is 83.8 Å². The van der Waals surface area contributed by atoms with Crippen LogP contribution in [-0.4, -0.2) is 22.3 Å². The van der Waals surface area contributed by atoms with Gasteiger partial charge < -0.3 is 5.11 Å². The summed E-state index contributed by atoms with van der Waals surface area (Å²) >= 11 is 0. The van der Waals surface area contributed by atoms with Crippen LogP contribution in [0, 0.1) is 0 Å². The average molecular weight is 275 g/mol. The first-order valence-corrected chi connectivity index (χ1v) is 3.35. The molecule has 14 heavy (non-hydrogen) atoms. The van der Waals surface area contributed by atoms with Crippen molar-refractivity contribution in [3.63, 3.8) is 0 Å². The zero-order chi connectivity index (χ0) is 9.84. The second kappa shape index (κ2) is 5.56. The fourth-order valence-electron chi connectivity index (χ4n) is 0.897. The maximum absolute atomic E-state index is 10.8. The maximum atomic E-state index is 10.8. The summed E-state index contributed by atoms with van der Waals surface area (Å²) in [5.41, 5.74) is -0.390. The van der Waals surface area contributed by atoms with Crippen molar-refractivity contribution in [2.24, 2.45) is 0 Å². The second-order valence-electron chi connectivity index (χ2n) is 2.23. The molecule has 0 saturated heterocycles. The molecule has 0 aliphatic carbocycles. The molecule has 0 aromatic heterocycles. The van der Waals surface area contributed by atoms with E-state index in [0.717, 1.165) is 0 Å². The van der Waals surface area contributed by atoms with E-state index in [-0.39, 0.29) is 33.5 Å². The smallest absolute Gasteiger partial charge is 0.373 e. The Morgan fingerprint density at radius 1 is 1.14 bits per heavy atom. The van der Waals surface area contributed by atoms with Crippen molar-refractivity contribution >= 4 is 11.9 Å². The normalized spacial score (nSPS) is 8.64. The van der Waals surface area contributed by atoms with Crippen LogP contribution in [0.3, 0.4) is 0 Å². The summed E-state index contributed by atoms with van der Waals surface area (Å²) in [7, 11) is 0. The zero-order valence-electron chi connectivity index (χ0n) is 6.88. The maximum Gasteiger partial charge on any atom is 0.373 e. The summed E-state index contributed by atoms with van der Waals surface area (Å²) in [5.74, 6) is -2.33. The summed E-state index contributed by atoms with van der Waals surface area (Å²) < 4.78 is 0. The average Bonchev–Trinajstić information content (AvgIpc) is 2.16. The molecule has 1 aromatic carbocycles. The molecule has 2 N–H and O–H groups in total. The van der Waals surface area contributed by atoms with Crippen LogP contribution in [0.1, 0.15) is 20.7 Å². The van der Waals surface area contributed by atoms with Gasteiger partial charge in [-0.05, 0) is 12.1 Å². The van der Waals surface area contributed by atoms with Crippen LogP contribution in [0.5, 0.6) is 0 Å². The number of carboxylic acids is 1. The van der Waals surface area contributed by atoms with Crippen LogP contribution < -0.4 is 0 Å². The van der Waals surface area contributed by atoms with E-state index in [4.69, 9.17) is 10.4 Å². The molecule has 0 fully saturated rings. The molecule has 0 atom stereocenters. The van der Waals surface area contributed by atoms with Gasteiger partial charge >= 0.3 is 11.9 Å². The Balaban J connectivity index is 0.00000169. The van der Waals surface area contributed by atoms with E-state index in [1.54, 1.807) is 0 Å². The summed E-state index contributed by atoms with van der Waals surface area (Å²) in [6.07, 6.45) is 0. The second-order valence-corrected chi connectivity index (χ2v) is 2.23. The van der Waals surface area contributed by atoms with Gasteiger partial charge in [0.05, 0.1) is 11.1 Å². The third kappa shape index (κ3) is 2.68. The predicted molar refractivity (Wildman–Crippen MR) is 41.4 cm³/mol. The number of benzene rings is 1. The largest absolute Gasteiger partial charge is 0.478 e. The van der Waals surface area contributed by atoms with Crippen molar-refractivity contribution < 1.29 is 47.2 Å². The minimum atomic E-state index is -1.25. The van der Waals surface area contributed by atoms with E-state index in [0.29, 0.717) is 0 Å². The number of hydrogen-bond acceptors (Lipinski definition) is 4. The first-order chi connectivity index (χ1) is 6.16. The van der Waals surface area contributed by atoms with E-state index >= 15 is 0 Å². The van der Waals surface area contributed by atoms with Crippen LogP contribution in [-0.2, 0) is 27.3 Å². The Bertz CT molecular complexity index is 349. The van der Waals surface area contributed by atoms with Gasteiger partial charge in [0.15, 0.2) is 0 Å². The van der Waals surface area contributed by atoms with Gasteiger partial charge in [0.25, 0.3) is 0 Å². The Morgan fingerprint density at radius 2 is 1.64 bits per heavy atom. The Morgan fingerprint density at radius 3 is 2.07 bits per heavy atom. The molecule has 0 unspecified atom stereocenters. The number of carbonyl (C=O) groups excluding carboxylic acids is 1. The van der Waals surface area contributed by atoms with E-state index in [9.17, 15) is 9.59 Å². The molecule has 0 amide bonds. The van der Waals surface area contributed by atoms with Crippen LogP contribution >= 0.6 is 0 Å². The van der Waals surface area contributed by atoms with Gasteiger partial charge in [-0.15, -0.1) is 0 Å². The number of hydrogen-bond donors (Lipinski definition) is 2. The molecule has 1 radical (unpaired) electrons. The molecule has 6 heteroatoms. The summed E-state index contributed by atoms with van der Waals surface area (Å²) in [6.45, 7) is 0. The summed E-state index contributed by atoms with van der Waals surface area (Å²) in [6, 6.07) is 5.44. The summed E-state index contributed by atoms with van der Waals surface area (Å²) in [5, 5.41) is 16.7. The quantitative estimate of drug-likeness (QED) is 0.478. The van der Waals surface area contributed by atoms with E-state index < -0.39 is 11.9 Å². The Kier molecular flexibility index (Phi) is 5.11. The van der Waals surface area contributed by atoms with Crippen molar-refractivity contribution in [3.8, 4) is 0 Å². The SMILES string of the molecule is O=C(O)c1ccccc1C(=O)OO.[Nb]. The molecule has 0 aliphatic heterocycles. The van der Waals surface area contributed by atoms with Gasteiger partial charge in [0.2, 0.25) is 0 Å². The number of carbonyl (C=O) groups is 2. The van der Waals surface area contributed by atoms with E-state index in [1.807, 2.05) is 0 Å². The fraction of sp³-hybridized carbons (Fsp3) is 0. The minimum Gasteiger partial charge on any atom is -0.478 e. The minimum absolute atomic E-state index is 0. The monoisotopic (exact) mass is 275 g/mol. The van der Waals surface area contributed by atoms with Gasteiger partial charge in [-0.25, -0.2) is 9.59 Å². The molecular weight excluding hydrogens is 269 g/mol. The van der Waals surface area contributed by atoms with Gasteiger partial charge in [0.1, 0.15) is 0 Å². The van der Waals surface area contributed by atoms with Crippen molar-refractivity contribution in [3.05, 3.63) is 35.4 Å². The van der Waals surface area contributed by atoms with Gasteiger partial charge in [-0.2, -0.15) is 5.26 Å². The molecular formula is C8H6NbO5. The fourth-order valence-corrected chi connectivity index (χ4v) is 0.897. The van der Waals surface area contributed by atoms with Gasteiger partial charge in [-0.1, -0.05) is 12.1 Å². The standard InChI is InChI=1S/C8H6O5.Nb/c9-7(10)5-3-1-2-4-6(5)8(11)13-12;/h1-4,12H,(H,9,10);. The van der Waals surface area contributed by atoms with Crippen molar-refractivity contribution in [1.82, 2.24) is 0 Å². The van der Waals surface area contributed by atoms with Crippen molar-refractivity contribution in [2.75, 3.05) is 0 Å². The molecule has 0 saturated carbocycles. The third-order valence-corrected chi connectivity index (χ3v) is 1.46. The summed E-state index contributed by atoms with van der Waals surface area (Å²) in [4.78, 5) is 24.8. The van der Waals surface area contributed by atoms with Crippen molar-refractivity contribution in [1.29, 1.82) is 0 Å². The van der Waals surface area contributed by atoms with Crippen LogP contribution in [0.25, 0.3) is 0 Å². The molecule has 73 valence electrons. The van der Waals surface area contributed by atoms with E-state index in [1.165, 1.54) is 24.3 Å². The molecule has 0 spiro atoms. The zero-order valence-corrected chi connectivity index (χ0v) is 9.07. The van der Waals surface area contributed by atoms with Gasteiger partial charge in [0, 0.05) is 22.4 Å². The first kappa shape index (κ1) is 12.9. The van der Waals surface area contributed by atoms with Crippen LogP contribution in [0.4, 0.5) is 0 Å². The Hall–Kier alpha value is -1.14. The number of aromatic carboxylic acids is 1. The molecule has 0 heterocycles. The van der Waals surface area contributed by atoms with Gasteiger partial charge in [-0.3, -0.25) is 4.89 Å². The van der Waals surface area contributed by atoms with E-state index in [2.05, 4.69) is 4.89 Å². The predicted octanol–water partition coefficient (Wildman–Crippen LogP) is 1.01. The molecule has 1 aromatic rings. The number of carboxylic acid groups (broad SMARTS) is 1. The third-order valence-electron chi connectivity index (χ3n) is 1.46. The molecule has 5 nitrogen and oxygen atoms in total. The molecule has 0 bridgehead atoms. The number of rotatable bonds is 2. The van der Waals surface area contributed by atoms with Crippen molar-refractivity contribution in [2.45, 2.75) is 0 Å². The molecule has 0 aliphatic rings. The Labute approximate surface area is 94.7 Å². The molecule has 1 rings (SSSR count). The van der Waals surface area contributed by atoms with Crippen LogP contribution in [0.2, 0.25) is 0 Å². The first-order valence-electron chi connectivity index (χ1n) is 3.35. The van der Waals surface area contributed by atoms with Crippen LogP contribution in [0.15, 0.2) is 24.3 Å².